The molecule has 0 bridgehead atoms. The second kappa shape index (κ2) is 5.01. The van der Waals surface area contributed by atoms with Crippen molar-refractivity contribution in [1.82, 2.24) is 0 Å². The number of aliphatic hydroxyl groups excluding tert-OH is 1. The van der Waals surface area contributed by atoms with E-state index in [1.807, 2.05) is 36.4 Å². The maximum Gasteiger partial charge on any atom is 0.0682 e. The summed E-state index contributed by atoms with van der Waals surface area (Å²) in [5, 5.41) is 8.85. The van der Waals surface area contributed by atoms with Gasteiger partial charge >= 0.3 is 0 Å². The fraction of sp³-hybridized carbons (Fsp3) is 0.200. The van der Waals surface area contributed by atoms with E-state index in [1.165, 1.54) is 0 Å². The van der Waals surface area contributed by atoms with Crippen LogP contribution in [0.5, 0.6) is 0 Å². The first-order chi connectivity index (χ1) is 5.86. The highest BCUT2D eigenvalue weighted by atomic mass is 32.1. The van der Waals surface area contributed by atoms with Gasteiger partial charge in [-0.15, -0.1) is 0 Å². The molecule has 0 aliphatic rings. The molecule has 0 amide bonds. The molecule has 1 aromatic rings. The summed E-state index contributed by atoms with van der Waals surface area (Å²) in [6, 6.07) is 7.79. The maximum absolute atomic E-state index is 8.85. The minimum atomic E-state index is 0.0998. The largest absolute Gasteiger partial charge is 0.392 e. The third-order valence-electron chi connectivity index (χ3n) is 1.55. The number of rotatable bonds is 3. The highest BCUT2D eigenvalue weighted by Gasteiger charge is 1.89. The summed E-state index contributed by atoms with van der Waals surface area (Å²) < 4.78 is 0. The second-order valence-corrected chi connectivity index (χ2v) is 2.85. The van der Waals surface area contributed by atoms with E-state index >= 15 is 0 Å². The van der Waals surface area contributed by atoms with Crippen molar-refractivity contribution < 1.29 is 5.11 Å². The summed E-state index contributed by atoms with van der Waals surface area (Å²) in [4.78, 5) is 0. The molecule has 12 heavy (non-hydrogen) atoms. The minimum absolute atomic E-state index is 0.0998. The molecular weight excluding hydrogens is 168 g/mol. The normalized spacial score (nSPS) is 10.8. The van der Waals surface area contributed by atoms with Gasteiger partial charge in [0.05, 0.1) is 6.61 Å². The van der Waals surface area contributed by atoms with Crippen molar-refractivity contribution in [1.29, 1.82) is 0 Å². The molecule has 0 aromatic heterocycles. The molecule has 0 aliphatic carbocycles. The van der Waals surface area contributed by atoms with Crippen LogP contribution in [0.2, 0.25) is 0 Å². The molecule has 0 unspecified atom stereocenters. The van der Waals surface area contributed by atoms with Crippen molar-refractivity contribution in [3.63, 3.8) is 0 Å². The summed E-state index contributed by atoms with van der Waals surface area (Å²) in [7, 11) is 0. The Balaban J connectivity index is 2.79. The standard InChI is InChI=1S/C10H12OS/c11-8-10-4-1-3-9(7-10)5-2-6-12/h1-5,7,11-12H,6,8H2. The summed E-state index contributed by atoms with van der Waals surface area (Å²) in [5.74, 6) is 0.739. The first-order valence-electron chi connectivity index (χ1n) is 3.84. The molecular formula is C10H12OS. The maximum atomic E-state index is 8.85. The van der Waals surface area contributed by atoms with Crippen molar-refractivity contribution in [2.45, 2.75) is 6.61 Å². The van der Waals surface area contributed by atoms with Crippen molar-refractivity contribution in [2.75, 3.05) is 5.75 Å². The fourth-order valence-electron chi connectivity index (χ4n) is 0.984. The van der Waals surface area contributed by atoms with Crippen LogP contribution in [0.3, 0.4) is 0 Å². The number of aliphatic hydroxyl groups is 1. The third kappa shape index (κ3) is 2.72. The molecule has 0 radical (unpaired) electrons. The molecule has 1 aromatic carbocycles. The molecule has 0 fully saturated rings. The van der Waals surface area contributed by atoms with Crippen molar-refractivity contribution in [3.8, 4) is 0 Å². The lowest BCUT2D eigenvalue weighted by atomic mass is 10.1. The fourth-order valence-corrected chi connectivity index (χ4v) is 1.09. The highest BCUT2D eigenvalue weighted by Crippen LogP contribution is 2.06. The zero-order valence-corrected chi connectivity index (χ0v) is 7.67. The van der Waals surface area contributed by atoms with E-state index in [9.17, 15) is 0 Å². The Hall–Kier alpha value is -0.730. The van der Waals surface area contributed by atoms with Gasteiger partial charge in [-0.1, -0.05) is 30.4 Å². The molecule has 0 heterocycles. The zero-order valence-electron chi connectivity index (χ0n) is 6.77. The average Bonchev–Trinajstić information content (AvgIpc) is 2.15. The van der Waals surface area contributed by atoms with Gasteiger partial charge in [0.1, 0.15) is 0 Å². The van der Waals surface area contributed by atoms with Gasteiger partial charge in [0.15, 0.2) is 0 Å². The van der Waals surface area contributed by atoms with Crippen LogP contribution in [-0.4, -0.2) is 10.9 Å². The van der Waals surface area contributed by atoms with Gasteiger partial charge in [0.2, 0.25) is 0 Å². The molecule has 2 heteroatoms. The van der Waals surface area contributed by atoms with Gasteiger partial charge in [-0.25, -0.2) is 0 Å². The topological polar surface area (TPSA) is 20.2 Å². The lowest BCUT2D eigenvalue weighted by Crippen LogP contribution is -1.82. The molecule has 0 saturated carbocycles. The van der Waals surface area contributed by atoms with E-state index in [0.717, 1.165) is 16.9 Å². The van der Waals surface area contributed by atoms with Gasteiger partial charge in [-0.3, -0.25) is 0 Å². The van der Waals surface area contributed by atoms with Crippen LogP contribution < -0.4 is 0 Å². The summed E-state index contributed by atoms with van der Waals surface area (Å²) >= 11 is 4.06. The van der Waals surface area contributed by atoms with Gasteiger partial charge in [0, 0.05) is 5.75 Å². The Morgan fingerprint density at radius 3 is 2.92 bits per heavy atom. The van der Waals surface area contributed by atoms with Crippen LogP contribution >= 0.6 is 12.6 Å². The smallest absolute Gasteiger partial charge is 0.0682 e. The quantitative estimate of drug-likeness (QED) is 0.683. The number of thiol groups is 1. The first kappa shape index (κ1) is 9.36. The molecule has 0 spiro atoms. The van der Waals surface area contributed by atoms with E-state index in [0.29, 0.717) is 0 Å². The number of hydrogen-bond donors (Lipinski definition) is 2. The second-order valence-electron chi connectivity index (χ2n) is 2.49. The Morgan fingerprint density at radius 1 is 1.42 bits per heavy atom. The predicted molar refractivity (Wildman–Crippen MR) is 55.3 cm³/mol. The highest BCUT2D eigenvalue weighted by molar-refractivity contribution is 7.80. The SMILES string of the molecule is OCc1cccc(C=CCS)c1. The lowest BCUT2D eigenvalue weighted by molar-refractivity contribution is 0.282. The molecule has 0 aliphatic heterocycles. The van der Waals surface area contributed by atoms with Gasteiger partial charge in [-0.05, 0) is 17.2 Å². The van der Waals surface area contributed by atoms with Crippen LogP contribution in [0.25, 0.3) is 6.08 Å². The molecule has 0 saturated heterocycles. The summed E-state index contributed by atoms with van der Waals surface area (Å²) in [6.07, 6.45) is 3.96. The van der Waals surface area contributed by atoms with Crippen molar-refractivity contribution in [2.24, 2.45) is 0 Å². The van der Waals surface area contributed by atoms with Crippen molar-refractivity contribution >= 4 is 18.7 Å². The van der Waals surface area contributed by atoms with Gasteiger partial charge < -0.3 is 5.11 Å². The van der Waals surface area contributed by atoms with Crippen LogP contribution in [0, 0.1) is 0 Å². The molecule has 0 atom stereocenters. The van der Waals surface area contributed by atoms with E-state index in [-0.39, 0.29) is 6.61 Å². The predicted octanol–water partition coefficient (Wildman–Crippen LogP) is 2.12. The van der Waals surface area contributed by atoms with Crippen LogP contribution in [-0.2, 0) is 6.61 Å². The monoisotopic (exact) mass is 180 g/mol. The van der Waals surface area contributed by atoms with E-state index in [2.05, 4.69) is 12.6 Å². The van der Waals surface area contributed by atoms with Crippen LogP contribution in [0.4, 0.5) is 0 Å². The Bertz CT molecular complexity index is 268. The van der Waals surface area contributed by atoms with Crippen molar-refractivity contribution in [3.05, 3.63) is 41.5 Å². The molecule has 1 rings (SSSR count). The molecule has 64 valence electrons. The van der Waals surface area contributed by atoms with Gasteiger partial charge in [0.25, 0.3) is 0 Å². The number of hydrogen-bond acceptors (Lipinski definition) is 2. The lowest BCUT2D eigenvalue weighted by Gasteiger charge is -1.96. The zero-order chi connectivity index (χ0) is 8.81. The number of benzene rings is 1. The first-order valence-corrected chi connectivity index (χ1v) is 4.47. The van der Waals surface area contributed by atoms with E-state index < -0.39 is 0 Å². The van der Waals surface area contributed by atoms with E-state index in [1.54, 1.807) is 0 Å². The van der Waals surface area contributed by atoms with E-state index in [4.69, 9.17) is 5.11 Å². The summed E-state index contributed by atoms with van der Waals surface area (Å²) in [5.41, 5.74) is 2.05. The molecule has 1 N–H and O–H groups in total. The molecule has 1 nitrogen and oxygen atoms in total. The van der Waals surface area contributed by atoms with Crippen LogP contribution in [0.15, 0.2) is 30.3 Å². The third-order valence-corrected chi connectivity index (χ3v) is 1.76. The summed E-state index contributed by atoms with van der Waals surface area (Å²) in [6.45, 7) is 0.0998. The Kier molecular flexibility index (Phi) is 3.91. The Labute approximate surface area is 78.2 Å². The van der Waals surface area contributed by atoms with Crippen LogP contribution in [0.1, 0.15) is 11.1 Å². The average molecular weight is 180 g/mol. The minimum Gasteiger partial charge on any atom is -0.392 e. The van der Waals surface area contributed by atoms with Gasteiger partial charge in [-0.2, -0.15) is 12.6 Å². The Morgan fingerprint density at radius 2 is 2.25 bits per heavy atom.